The normalized spacial score (nSPS) is 9.27. The summed E-state index contributed by atoms with van der Waals surface area (Å²) in [4.78, 5) is 13.0. The third-order valence-electron chi connectivity index (χ3n) is 1.46. The van der Waals surface area contributed by atoms with Crippen LogP contribution >= 0.6 is 0 Å². The molecule has 0 heterocycles. The lowest BCUT2D eigenvalue weighted by Crippen LogP contribution is -2.16. The lowest BCUT2D eigenvalue weighted by Gasteiger charge is -2.07. The van der Waals surface area contributed by atoms with Crippen LogP contribution in [0.5, 0.6) is 0 Å². The Kier molecular flexibility index (Phi) is 2.26. The number of anilines is 1. The van der Waals surface area contributed by atoms with E-state index in [1.807, 2.05) is 37.2 Å². The quantitative estimate of drug-likeness (QED) is 0.596. The monoisotopic (exact) mass is 149 g/mol. The summed E-state index contributed by atoms with van der Waals surface area (Å²) in [5.74, 6) is 0. The Morgan fingerprint density at radius 1 is 1.09 bits per heavy atom. The van der Waals surface area contributed by atoms with Crippen LogP contribution in [-0.4, -0.2) is 14.1 Å². The first-order chi connectivity index (χ1) is 5.22. The van der Waals surface area contributed by atoms with E-state index in [0.717, 1.165) is 5.69 Å². The summed E-state index contributed by atoms with van der Waals surface area (Å²) in [7, 11) is 3.72. The van der Waals surface area contributed by atoms with Crippen LogP contribution in [0, 0.1) is 0 Å². The summed E-state index contributed by atoms with van der Waals surface area (Å²) in [5.41, 5.74) is 0.773. The molecule has 0 amide bonds. The zero-order valence-corrected chi connectivity index (χ0v) is 6.74. The maximum Gasteiger partial charge on any atom is 0.201 e. The second kappa shape index (κ2) is 3.19. The molecule has 11 heavy (non-hydrogen) atoms. The van der Waals surface area contributed by atoms with Crippen molar-refractivity contribution in [3.8, 4) is 0 Å². The molecule has 0 unspecified atom stereocenters. The van der Waals surface area contributed by atoms with Crippen LogP contribution in [0.3, 0.4) is 0 Å². The van der Waals surface area contributed by atoms with Crippen molar-refractivity contribution in [1.29, 1.82) is 0 Å². The van der Waals surface area contributed by atoms with E-state index in [4.69, 9.17) is 0 Å². The fourth-order valence-corrected chi connectivity index (χ4v) is 0.891. The van der Waals surface area contributed by atoms with Crippen LogP contribution < -0.4 is 10.3 Å². The zero-order valence-electron chi connectivity index (χ0n) is 6.74. The molecule has 0 radical (unpaired) electrons. The van der Waals surface area contributed by atoms with Crippen LogP contribution in [0.1, 0.15) is 0 Å². The predicted octanol–water partition coefficient (Wildman–Crippen LogP) is 1.11. The molecule has 58 valence electrons. The van der Waals surface area contributed by atoms with Crippen molar-refractivity contribution in [3.63, 3.8) is 0 Å². The first-order valence-corrected chi connectivity index (χ1v) is 3.48. The minimum Gasteiger partial charge on any atom is -0.375 e. The number of hydrogen-bond acceptors (Lipinski definition) is 2. The Balaban J connectivity index is 3.29. The van der Waals surface area contributed by atoms with Gasteiger partial charge in [0.05, 0.1) is 5.69 Å². The van der Waals surface area contributed by atoms with E-state index in [9.17, 15) is 4.79 Å². The van der Waals surface area contributed by atoms with Gasteiger partial charge in [0.2, 0.25) is 5.43 Å². The largest absolute Gasteiger partial charge is 0.375 e. The van der Waals surface area contributed by atoms with Gasteiger partial charge in [0.1, 0.15) is 0 Å². The predicted molar refractivity (Wildman–Crippen MR) is 47.0 cm³/mol. The minimum absolute atomic E-state index is 0.0556. The van der Waals surface area contributed by atoms with Gasteiger partial charge >= 0.3 is 0 Å². The lowest BCUT2D eigenvalue weighted by atomic mass is 10.4. The maximum atomic E-state index is 11.2. The molecule has 0 atom stereocenters. The van der Waals surface area contributed by atoms with E-state index >= 15 is 0 Å². The topological polar surface area (TPSA) is 20.3 Å². The fraction of sp³-hybridized carbons (Fsp3) is 0.222. The average Bonchev–Trinajstić information content (AvgIpc) is 2.13. The van der Waals surface area contributed by atoms with Crippen molar-refractivity contribution in [2.75, 3.05) is 19.0 Å². The van der Waals surface area contributed by atoms with Gasteiger partial charge in [-0.25, -0.2) is 0 Å². The Labute approximate surface area is 66.1 Å². The Bertz CT molecular complexity index is 294. The van der Waals surface area contributed by atoms with Crippen molar-refractivity contribution >= 4 is 5.69 Å². The third kappa shape index (κ3) is 1.80. The smallest absolute Gasteiger partial charge is 0.201 e. The Morgan fingerprint density at radius 2 is 1.73 bits per heavy atom. The summed E-state index contributed by atoms with van der Waals surface area (Å²) in [5, 5.41) is 0. The molecular formula is C9H11NO. The van der Waals surface area contributed by atoms with E-state index in [1.54, 1.807) is 12.1 Å². The van der Waals surface area contributed by atoms with E-state index in [-0.39, 0.29) is 5.43 Å². The standard InChI is InChI=1S/C9H11NO/c1-10(2)8-6-4-3-5-7-9(8)11/h3-7H,1-2H3. The molecule has 0 N–H and O–H groups in total. The molecule has 1 rings (SSSR count). The summed E-state index contributed by atoms with van der Waals surface area (Å²) >= 11 is 0. The summed E-state index contributed by atoms with van der Waals surface area (Å²) in [6, 6.07) is 8.82. The van der Waals surface area contributed by atoms with Crippen LogP contribution in [0.2, 0.25) is 0 Å². The molecule has 0 bridgehead atoms. The molecule has 0 aliphatic heterocycles. The van der Waals surface area contributed by atoms with Gasteiger partial charge in [-0.3, -0.25) is 4.79 Å². The second-order valence-corrected chi connectivity index (χ2v) is 2.55. The van der Waals surface area contributed by atoms with Crippen LogP contribution in [0.25, 0.3) is 0 Å². The molecule has 1 aromatic carbocycles. The second-order valence-electron chi connectivity index (χ2n) is 2.55. The van der Waals surface area contributed by atoms with Crippen LogP contribution in [0.15, 0.2) is 35.1 Å². The number of hydrogen-bond donors (Lipinski definition) is 0. The summed E-state index contributed by atoms with van der Waals surface area (Å²) in [6.45, 7) is 0. The molecule has 2 heteroatoms. The molecule has 0 aliphatic carbocycles. The fourth-order valence-electron chi connectivity index (χ4n) is 0.891. The molecule has 0 saturated carbocycles. The SMILES string of the molecule is CN(C)c1cccccc1=O. The summed E-state index contributed by atoms with van der Waals surface area (Å²) in [6.07, 6.45) is 0. The van der Waals surface area contributed by atoms with Crippen molar-refractivity contribution in [1.82, 2.24) is 0 Å². The molecule has 0 spiro atoms. The average molecular weight is 149 g/mol. The first-order valence-electron chi connectivity index (χ1n) is 3.48. The van der Waals surface area contributed by atoms with Crippen molar-refractivity contribution < 1.29 is 0 Å². The molecule has 0 aromatic heterocycles. The zero-order chi connectivity index (χ0) is 8.27. The van der Waals surface area contributed by atoms with Gasteiger partial charge in [-0.1, -0.05) is 18.2 Å². The highest BCUT2D eigenvalue weighted by molar-refractivity contribution is 5.43. The summed E-state index contributed by atoms with van der Waals surface area (Å²) < 4.78 is 0. The Morgan fingerprint density at radius 3 is 2.36 bits per heavy atom. The maximum absolute atomic E-state index is 11.2. The van der Waals surface area contributed by atoms with Crippen molar-refractivity contribution in [2.45, 2.75) is 0 Å². The highest BCUT2D eigenvalue weighted by Gasteiger charge is 1.95. The molecule has 0 fully saturated rings. The molecule has 0 aliphatic rings. The molecule has 1 aromatic rings. The van der Waals surface area contributed by atoms with E-state index < -0.39 is 0 Å². The van der Waals surface area contributed by atoms with Crippen molar-refractivity contribution in [2.24, 2.45) is 0 Å². The highest BCUT2D eigenvalue weighted by atomic mass is 16.1. The van der Waals surface area contributed by atoms with Crippen molar-refractivity contribution in [3.05, 3.63) is 40.6 Å². The van der Waals surface area contributed by atoms with Gasteiger partial charge in [0, 0.05) is 14.1 Å². The van der Waals surface area contributed by atoms with Gasteiger partial charge in [-0.05, 0) is 12.1 Å². The van der Waals surface area contributed by atoms with Gasteiger partial charge in [0.15, 0.2) is 0 Å². The van der Waals surface area contributed by atoms with Gasteiger partial charge in [-0.2, -0.15) is 0 Å². The molecule has 0 saturated heterocycles. The Hall–Kier alpha value is -1.31. The van der Waals surface area contributed by atoms with E-state index in [0.29, 0.717) is 0 Å². The van der Waals surface area contributed by atoms with Crippen LogP contribution in [0.4, 0.5) is 5.69 Å². The number of rotatable bonds is 1. The van der Waals surface area contributed by atoms with Gasteiger partial charge in [0.25, 0.3) is 0 Å². The van der Waals surface area contributed by atoms with E-state index in [1.165, 1.54) is 0 Å². The third-order valence-corrected chi connectivity index (χ3v) is 1.46. The number of nitrogens with zero attached hydrogens (tertiary/aromatic N) is 1. The van der Waals surface area contributed by atoms with Crippen LogP contribution in [-0.2, 0) is 0 Å². The highest BCUT2D eigenvalue weighted by Crippen LogP contribution is 1.99. The van der Waals surface area contributed by atoms with Gasteiger partial charge in [-0.15, -0.1) is 0 Å². The van der Waals surface area contributed by atoms with Gasteiger partial charge < -0.3 is 4.90 Å². The first kappa shape index (κ1) is 7.79. The molecule has 2 nitrogen and oxygen atoms in total. The molecular weight excluding hydrogens is 138 g/mol. The minimum atomic E-state index is 0.0556. The lowest BCUT2D eigenvalue weighted by molar-refractivity contribution is 1.12. The van der Waals surface area contributed by atoms with E-state index in [2.05, 4.69) is 0 Å².